The molecule has 27 heavy (non-hydrogen) atoms. The molecule has 1 heterocycles. The maximum atomic E-state index is 12.0. The Morgan fingerprint density at radius 3 is 2.30 bits per heavy atom. The van der Waals surface area contributed by atoms with Crippen molar-refractivity contribution in [1.82, 2.24) is 0 Å². The Balaban J connectivity index is 2.23. The summed E-state index contributed by atoms with van der Waals surface area (Å²) in [6, 6.07) is 4.76. The van der Waals surface area contributed by atoms with Crippen LogP contribution in [0.3, 0.4) is 0 Å². The zero-order valence-corrected chi connectivity index (χ0v) is 15.7. The molecule has 0 amide bonds. The van der Waals surface area contributed by atoms with E-state index in [0.717, 1.165) is 0 Å². The Bertz CT molecular complexity index is 741. The van der Waals surface area contributed by atoms with Crippen molar-refractivity contribution in [3.8, 4) is 11.5 Å². The minimum absolute atomic E-state index is 0.225. The Morgan fingerprint density at radius 2 is 1.70 bits per heavy atom. The molecule has 1 aromatic carbocycles. The summed E-state index contributed by atoms with van der Waals surface area (Å²) in [6.07, 6.45) is 1.34. The number of benzene rings is 1. The van der Waals surface area contributed by atoms with Crippen molar-refractivity contribution >= 4 is 24.0 Å². The van der Waals surface area contributed by atoms with Gasteiger partial charge in [-0.1, -0.05) is 6.07 Å². The summed E-state index contributed by atoms with van der Waals surface area (Å²) in [5.41, 5.74) is 0.280. The van der Waals surface area contributed by atoms with E-state index in [4.69, 9.17) is 23.7 Å². The molecule has 0 N–H and O–H groups in total. The number of ether oxygens (including phenoxy) is 5. The lowest BCUT2D eigenvalue weighted by molar-refractivity contribution is -0.222. The maximum Gasteiger partial charge on any atom is 0.348 e. The summed E-state index contributed by atoms with van der Waals surface area (Å²) in [6.45, 7) is 6.80. The van der Waals surface area contributed by atoms with Gasteiger partial charge >= 0.3 is 17.9 Å². The molecule has 0 spiro atoms. The van der Waals surface area contributed by atoms with Crippen LogP contribution < -0.4 is 9.47 Å². The van der Waals surface area contributed by atoms with Gasteiger partial charge in [0.1, 0.15) is 5.57 Å². The largest absolute Gasteiger partial charge is 0.490 e. The van der Waals surface area contributed by atoms with E-state index in [-0.39, 0.29) is 18.8 Å². The molecule has 1 aliphatic heterocycles. The van der Waals surface area contributed by atoms with Crippen molar-refractivity contribution < 1.29 is 38.1 Å². The third-order valence-electron chi connectivity index (χ3n) is 3.35. The van der Waals surface area contributed by atoms with E-state index in [1.807, 2.05) is 0 Å². The molecular weight excluding hydrogens is 356 g/mol. The molecule has 0 radical (unpaired) electrons. The molecule has 2 rings (SSSR count). The van der Waals surface area contributed by atoms with Gasteiger partial charge in [0.15, 0.2) is 18.1 Å². The van der Waals surface area contributed by atoms with Gasteiger partial charge in [-0.15, -0.1) is 0 Å². The molecule has 0 atom stereocenters. The second kappa shape index (κ2) is 8.57. The van der Waals surface area contributed by atoms with Crippen molar-refractivity contribution in [3.63, 3.8) is 0 Å². The second-order valence-electron chi connectivity index (χ2n) is 5.97. The van der Waals surface area contributed by atoms with Crippen molar-refractivity contribution in [2.24, 2.45) is 0 Å². The fraction of sp³-hybridized carbons (Fsp3) is 0.421. The van der Waals surface area contributed by atoms with Gasteiger partial charge in [-0.05, 0) is 37.6 Å². The lowest BCUT2D eigenvalue weighted by Gasteiger charge is -2.29. The summed E-state index contributed by atoms with van der Waals surface area (Å²) in [5.74, 6) is -2.64. The number of hydrogen-bond acceptors (Lipinski definition) is 8. The highest BCUT2D eigenvalue weighted by Gasteiger charge is 2.38. The minimum atomic E-state index is -1.30. The van der Waals surface area contributed by atoms with Crippen LogP contribution in [-0.4, -0.2) is 43.5 Å². The highest BCUT2D eigenvalue weighted by Crippen LogP contribution is 2.31. The lowest BCUT2D eigenvalue weighted by atomic mass is 10.1. The molecule has 0 saturated carbocycles. The minimum Gasteiger partial charge on any atom is -0.490 e. The van der Waals surface area contributed by atoms with Crippen LogP contribution in [0.2, 0.25) is 0 Å². The first-order chi connectivity index (χ1) is 12.8. The molecule has 146 valence electrons. The molecule has 1 aromatic rings. The first kappa shape index (κ1) is 20.3. The van der Waals surface area contributed by atoms with E-state index < -0.39 is 23.7 Å². The predicted molar refractivity (Wildman–Crippen MR) is 94.0 cm³/mol. The fourth-order valence-electron chi connectivity index (χ4n) is 2.29. The van der Waals surface area contributed by atoms with E-state index in [2.05, 4.69) is 0 Å². The van der Waals surface area contributed by atoms with Crippen LogP contribution in [0, 0.1) is 0 Å². The first-order valence-electron chi connectivity index (χ1n) is 8.49. The van der Waals surface area contributed by atoms with Gasteiger partial charge < -0.3 is 23.7 Å². The molecular formula is C19H22O8. The fourth-order valence-corrected chi connectivity index (χ4v) is 2.29. The van der Waals surface area contributed by atoms with Gasteiger partial charge in [0, 0.05) is 13.8 Å². The van der Waals surface area contributed by atoms with Gasteiger partial charge in [0.25, 0.3) is 5.79 Å². The number of esters is 3. The molecule has 1 aliphatic rings. The molecule has 8 heteroatoms. The molecule has 1 saturated heterocycles. The SMILES string of the molecule is CCOC(=O)COc1ccc(C=C2C(=O)OC(C)(C)OC2=O)cc1OCC. The Morgan fingerprint density at radius 1 is 1.04 bits per heavy atom. The zero-order valence-electron chi connectivity index (χ0n) is 15.7. The normalized spacial score (nSPS) is 15.5. The van der Waals surface area contributed by atoms with Crippen LogP contribution in [0.15, 0.2) is 23.8 Å². The van der Waals surface area contributed by atoms with Crippen molar-refractivity contribution in [3.05, 3.63) is 29.3 Å². The van der Waals surface area contributed by atoms with Crippen LogP contribution in [0.5, 0.6) is 11.5 Å². The Hall–Kier alpha value is -3.03. The number of rotatable bonds is 7. The summed E-state index contributed by atoms with van der Waals surface area (Å²) in [7, 11) is 0. The number of cyclic esters (lactones) is 2. The summed E-state index contributed by atoms with van der Waals surface area (Å²) in [5, 5.41) is 0. The number of carbonyl (C=O) groups is 3. The maximum absolute atomic E-state index is 12.0. The third kappa shape index (κ3) is 5.47. The van der Waals surface area contributed by atoms with Gasteiger partial charge in [0.05, 0.1) is 13.2 Å². The smallest absolute Gasteiger partial charge is 0.348 e. The first-order valence-corrected chi connectivity index (χ1v) is 8.49. The van der Waals surface area contributed by atoms with Crippen molar-refractivity contribution in [1.29, 1.82) is 0 Å². The highest BCUT2D eigenvalue weighted by atomic mass is 16.7. The van der Waals surface area contributed by atoms with Gasteiger partial charge in [-0.3, -0.25) is 0 Å². The van der Waals surface area contributed by atoms with Gasteiger partial charge in [-0.25, -0.2) is 14.4 Å². The average Bonchev–Trinajstić information content (AvgIpc) is 2.57. The van der Waals surface area contributed by atoms with E-state index in [0.29, 0.717) is 23.7 Å². The van der Waals surface area contributed by atoms with E-state index in [1.165, 1.54) is 19.9 Å². The quantitative estimate of drug-likeness (QED) is 0.405. The van der Waals surface area contributed by atoms with Gasteiger partial charge in [0.2, 0.25) is 0 Å². The molecule has 0 aliphatic carbocycles. The molecule has 1 fully saturated rings. The highest BCUT2D eigenvalue weighted by molar-refractivity contribution is 6.18. The van der Waals surface area contributed by atoms with Crippen molar-refractivity contribution in [2.75, 3.05) is 19.8 Å². The predicted octanol–water partition coefficient (Wildman–Crippen LogP) is 2.25. The monoisotopic (exact) mass is 378 g/mol. The van der Waals surface area contributed by atoms with Crippen LogP contribution in [-0.2, 0) is 28.6 Å². The Kier molecular flexibility index (Phi) is 6.44. The summed E-state index contributed by atoms with van der Waals surface area (Å²) >= 11 is 0. The summed E-state index contributed by atoms with van der Waals surface area (Å²) < 4.78 is 25.9. The third-order valence-corrected chi connectivity index (χ3v) is 3.35. The topological polar surface area (TPSA) is 97.4 Å². The summed E-state index contributed by atoms with van der Waals surface area (Å²) in [4.78, 5) is 35.5. The molecule has 0 aromatic heterocycles. The molecule has 0 bridgehead atoms. The van der Waals surface area contributed by atoms with E-state index in [9.17, 15) is 14.4 Å². The molecule has 0 unspecified atom stereocenters. The number of carbonyl (C=O) groups excluding carboxylic acids is 3. The molecule has 8 nitrogen and oxygen atoms in total. The zero-order chi connectivity index (χ0) is 20.0. The van der Waals surface area contributed by atoms with Crippen LogP contribution in [0.25, 0.3) is 6.08 Å². The average molecular weight is 378 g/mol. The van der Waals surface area contributed by atoms with Crippen molar-refractivity contribution in [2.45, 2.75) is 33.5 Å². The van der Waals surface area contributed by atoms with E-state index >= 15 is 0 Å². The second-order valence-corrected chi connectivity index (χ2v) is 5.97. The van der Waals surface area contributed by atoms with E-state index in [1.54, 1.807) is 32.0 Å². The van der Waals surface area contributed by atoms with Gasteiger partial charge in [-0.2, -0.15) is 0 Å². The lowest BCUT2D eigenvalue weighted by Crippen LogP contribution is -2.41. The van der Waals surface area contributed by atoms with Crippen LogP contribution >= 0.6 is 0 Å². The standard InChI is InChI=1S/C19H22O8/c1-5-23-15-10-12(7-8-14(15)25-11-16(20)24-6-2)9-13-17(21)26-19(3,4)27-18(13)22/h7-10H,5-6,11H2,1-4H3. The number of hydrogen-bond donors (Lipinski definition) is 0. The van der Waals surface area contributed by atoms with Crippen LogP contribution in [0.1, 0.15) is 33.3 Å². The Labute approximate surface area is 157 Å². The van der Waals surface area contributed by atoms with Crippen LogP contribution in [0.4, 0.5) is 0 Å².